The van der Waals surface area contributed by atoms with Crippen LogP contribution in [0.2, 0.25) is 0 Å². The van der Waals surface area contributed by atoms with Gasteiger partial charge in [0.25, 0.3) is 0 Å². The van der Waals surface area contributed by atoms with Crippen molar-refractivity contribution in [1.29, 1.82) is 0 Å². The number of imidazole rings is 1. The van der Waals surface area contributed by atoms with E-state index in [1.165, 1.54) is 47.5 Å². The average Bonchev–Trinajstić information content (AvgIpc) is 3.33. The highest BCUT2D eigenvalue weighted by molar-refractivity contribution is 8.00. The van der Waals surface area contributed by atoms with E-state index >= 15 is 4.39 Å². The lowest BCUT2D eigenvalue weighted by Crippen LogP contribution is -2.51. The molecule has 1 aromatic carbocycles. The summed E-state index contributed by atoms with van der Waals surface area (Å²) in [7, 11) is -0.254. The number of likely N-dealkylation sites (tertiary alicyclic amines) is 2. The summed E-state index contributed by atoms with van der Waals surface area (Å²) in [5.74, 6) is 5.66. The number of sulfone groups is 1. The fourth-order valence-corrected chi connectivity index (χ4v) is 7.43. The second kappa shape index (κ2) is 14.3. The van der Waals surface area contributed by atoms with Gasteiger partial charge in [-0.2, -0.15) is 13.2 Å². The number of nitrogens with zero attached hydrogens (tertiary/aromatic N) is 4. The number of hydrogen-bond donors (Lipinski definition) is 2. The van der Waals surface area contributed by atoms with Crippen LogP contribution in [0.4, 0.5) is 28.9 Å². The van der Waals surface area contributed by atoms with Crippen LogP contribution >= 0.6 is 11.8 Å². The molecule has 0 saturated carbocycles. The molecule has 258 valence electrons. The van der Waals surface area contributed by atoms with E-state index in [0.717, 1.165) is 6.26 Å². The summed E-state index contributed by atoms with van der Waals surface area (Å²) in [4.78, 5) is 20.7. The first kappa shape index (κ1) is 35.4. The quantitative estimate of drug-likeness (QED) is 0.182. The van der Waals surface area contributed by atoms with Gasteiger partial charge in [-0.05, 0) is 43.7 Å². The molecular weight excluding hydrogens is 673 g/mol. The minimum absolute atomic E-state index is 0.0130. The van der Waals surface area contributed by atoms with Gasteiger partial charge in [-0.1, -0.05) is 12.5 Å². The summed E-state index contributed by atoms with van der Waals surface area (Å²) in [5, 5.41) is 6.24. The number of nitrogens with one attached hydrogen (secondary N) is 2. The molecule has 5 rings (SSSR count). The molecule has 3 aromatic rings. The van der Waals surface area contributed by atoms with Gasteiger partial charge in [0.1, 0.15) is 17.6 Å². The van der Waals surface area contributed by atoms with E-state index in [-0.39, 0.29) is 51.9 Å². The van der Waals surface area contributed by atoms with Crippen LogP contribution in [0.3, 0.4) is 0 Å². The van der Waals surface area contributed by atoms with Crippen molar-refractivity contribution < 1.29 is 35.5 Å². The van der Waals surface area contributed by atoms with E-state index < -0.39 is 34.6 Å². The van der Waals surface area contributed by atoms with Gasteiger partial charge in [-0.25, -0.2) is 17.8 Å². The number of anilines is 2. The van der Waals surface area contributed by atoms with Gasteiger partial charge in [0.05, 0.1) is 48.1 Å². The van der Waals surface area contributed by atoms with Crippen LogP contribution in [0, 0.1) is 11.8 Å². The summed E-state index contributed by atoms with van der Waals surface area (Å²) in [6, 6.07) is 5.48. The number of hydrogen-bond acceptors (Lipinski definition) is 9. The Hall–Kier alpha value is -3.94. The van der Waals surface area contributed by atoms with E-state index in [4.69, 9.17) is 4.74 Å². The normalized spacial score (nSPS) is 18.9. The van der Waals surface area contributed by atoms with Gasteiger partial charge in [-0.3, -0.25) is 9.20 Å². The summed E-state index contributed by atoms with van der Waals surface area (Å²) >= 11 is 1.42. The van der Waals surface area contributed by atoms with E-state index in [9.17, 15) is 26.4 Å². The Labute approximate surface area is 280 Å². The molecular formula is C32H36F4N6O4S2. The predicted molar refractivity (Wildman–Crippen MR) is 177 cm³/mol. The first-order valence-electron chi connectivity index (χ1n) is 15.0. The molecule has 2 aliphatic heterocycles. The first-order valence-corrected chi connectivity index (χ1v) is 17.8. The molecule has 0 unspecified atom stereocenters. The number of pyridine rings is 1. The molecule has 4 heterocycles. The topological polar surface area (TPSA) is 108 Å². The Balaban J connectivity index is 1.48. The van der Waals surface area contributed by atoms with Gasteiger partial charge in [-0.15, -0.1) is 11.8 Å². The molecule has 16 heteroatoms. The monoisotopic (exact) mass is 708 g/mol. The zero-order valence-corrected chi connectivity index (χ0v) is 28.2. The molecule has 2 atom stereocenters. The summed E-state index contributed by atoms with van der Waals surface area (Å²) in [6.45, 7) is 5.28. The van der Waals surface area contributed by atoms with Crippen molar-refractivity contribution >= 4 is 44.5 Å². The van der Waals surface area contributed by atoms with Crippen molar-refractivity contribution in [2.75, 3.05) is 63.8 Å². The van der Waals surface area contributed by atoms with E-state index in [1.807, 2.05) is 11.9 Å². The van der Waals surface area contributed by atoms with Crippen LogP contribution < -0.4 is 15.4 Å². The number of amides is 1. The van der Waals surface area contributed by atoms with Crippen molar-refractivity contribution in [3.05, 3.63) is 54.5 Å². The maximum atomic E-state index is 15.1. The Bertz CT molecular complexity index is 1870. The minimum Gasteiger partial charge on any atom is -0.495 e. The number of fused-ring (bicyclic) bond motifs is 1. The van der Waals surface area contributed by atoms with Crippen molar-refractivity contribution in [3.63, 3.8) is 0 Å². The molecule has 0 radical (unpaired) electrons. The lowest BCUT2D eigenvalue weighted by molar-refractivity contribution is -0.129. The zero-order valence-electron chi connectivity index (χ0n) is 26.6. The van der Waals surface area contributed by atoms with Crippen molar-refractivity contribution in [2.45, 2.75) is 46.3 Å². The number of thioether (sulfide) groups is 1. The number of methoxy groups -OCH3 is 1. The number of ether oxygens (including phenoxy) is 1. The number of carbonyl (C=O) groups excluding carboxylic acids is 1. The smallest absolute Gasteiger partial charge is 0.394 e. The molecule has 0 bridgehead atoms. The molecule has 2 aromatic heterocycles. The standard InChI is InChI=1S/C32H36F4N6O4S2/c1-5-30(43)41-16-21(17-41)47-20-13-27(38-24-10-12-40(2)19-23(24)33)31-39-25(28(42(31)18-20)15-32(34,35)36)7-6-11-37-26-9-8-22(48(4,44)45)14-29(26)46-3/h5,8-9,13-14,18,21,23-24,37-38H,1,10-12,15-17,19H2,2-4H3/t23-,24+/m0/s1. The van der Waals surface area contributed by atoms with Gasteiger partial charge in [0.2, 0.25) is 5.91 Å². The van der Waals surface area contributed by atoms with E-state index in [1.54, 1.807) is 17.2 Å². The van der Waals surface area contributed by atoms with Crippen LogP contribution in [-0.4, -0.2) is 110 Å². The molecule has 2 saturated heterocycles. The highest BCUT2D eigenvalue weighted by Gasteiger charge is 2.34. The van der Waals surface area contributed by atoms with E-state index in [0.29, 0.717) is 42.3 Å². The molecule has 10 nitrogen and oxygen atoms in total. The molecule has 0 spiro atoms. The third kappa shape index (κ3) is 8.37. The minimum atomic E-state index is -4.58. The lowest BCUT2D eigenvalue weighted by Gasteiger charge is -2.38. The number of carbonyl (C=O) groups is 1. The highest BCUT2D eigenvalue weighted by Crippen LogP contribution is 2.36. The molecule has 0 aliphatic carbocycles. The molecule has 2 aliphatic rings. The number of halogens is 4. The van der Waals surface area contributed by atoms with Gasteiger partial charge < -0.3 is 25.2 Å². The predicted octanol–water partition coefficient (Wildman–Crippen LogP) is 4.26. The average molecular weight is 709 g/mol. The third-order valence-electron chi connectivity index (χ3n) is 8.06. The van der Waals surface area contributed by atoms with Crippen LogP contribution in [0.25, 0.3) is 5.65 Å². The number of benzene rings is 1. The highest BCUT2D eigenvalue weighted by atomic mass is 32.2. The summed E-state index contributed by atoms with van der Waals surface area (Å²) in [6.07, 6.45) is -2.70. The van der Waals surface area contributed by atoms with Crippen LogP contribution in [-0.2, 0) is 21.1 Å². The Kier molecular flexibility index (Phi) is 10.5. The van der Waals surface area contributed by atoms with Gasteiger partial charge in [0.15, 0.2) is 15.5 Å². The van der Waals surface area contributed by atoms with E-state index in [2.05, 4.69) is 34.0 Å². The number of alkyl halides is 4. The number of rotatable bonds is 10. The van der Waals surface area contributed by atoms with Crippen LogP contribution in [0.5, 0.6) is 5.75 Å². The number of aromatic nitrogens is 2. The molecule has 2 N–H and O–H groups in total. The third-order valence-corrected chi connectivity index (χ3v) is 10.3. The maximum Gasteiger partial charge on any atom is 0.394 e. The van der Waals surface area contributed by atoms with Crippen LogP contribution in [0.15, 0.2) is 52.9 Å². The fraction of sp³-hybridized carbons (Fsp3) is 0.438. The summed E-state index contributed by atoms with van der Waals surface area (Å²) < 4.78 is 87.4. The van der Waals surface area contributed by atoms with Crippen LogP contribution in [0.1, 0.15) is 17.8 Å². The molecule has 2 fully saturated rings. The maximum absolute atomic E-state index is 15.1. The largest absolute Gasteiger partial charge is 0.495 e. The zero-order chi connectivity index (χ0) is 34.8. The Morgan fingerprint density at radius 2 is 1.98 bits per heavy atom. The van der Waals surface area contributed by atoms with Gasteiger partial charge >= 0.3 is 6.18 Å². The van der Waals surface area contributed by atoms with Gasteiger partial charge in [0, 0.05) is 54.8 Å². The Morgan fingerprint density at radius 3 is 2.62 bits per heavy atom. The second-order valence-corrected chi connectivity index (χ2v) is 15.2. The Morgan fingerprint density at radius 1 is 1.23 bits per heavy atom. The number of piperidine rings is 1. The van der Waals surface area contributed by atoms with Crippen molar-refractivity contribution in [1.82, 2.24) is 19.2 Å². The SMILES string of the molecule is C=CC(=O)N1CC(Sc2cc(N[C@@H]3CCN(C)C[C@@H]3F)c3nc(C#CCNc4ccc(S(C)(=O)=O)cc4OC)c(CC(F)(F)F)n3c2)C1. The lowest BCUT2D eigenvalue weighted by atomic mass is 10.0. The summed E-state index contributed by atoms with van der Waals surface area (Å²) in [5.41, 5.74) is 0.784. The first-order chi connectivity index (χ1) is 22.6. The van der Waals surface area contributed by atoms with Crippen molar-refractivity contribution in [3.8, 4) is 17.6 Å². The second-order valence-electron chi connectivity index (χ2n) is 11.8. The molecule has 1 amide bonds. The molecule has 48 heavy (non-hydrogen) atoms. The van der Waals surface area contributed by atoms with Crippen molar-refractivity contribution in [2.24, 2.45) is 0 Å². The fourth-order valence-electron chi connectivity index (χ4n) is 5.54.